The van der Waals surface area contributed by atoms with Crippen molar-refractivity contribution in [1.29, 1.82) is 0 Å². The maximum absolute atomic E-state index is 12.4. The molecule has 1 atom stereocenters. The highest BCUT2D eigenvalue weighted by Crippen LogP contribution is 2.30. The van der Waals surface area contributed by atoms with Crippen molar-refractivity contribution in [3.05, 3.63) is 72.7 Å². The van der Waals surface area contributed by atoms with Gasteiger partial charge in [0.15, 0.2) is 0 Å². The molecule has 8 heteroatoms. The van der Waals surface area contributed by atoms with Gasteiger partial charge in [-0.2, -0.15) is 0 Å². The second-order valence-electron chi connectivity index (χ2n) is 8.99. The summed E-state index contributed by atoms with van der Waals surface area (Å²) in [6, 6.07) is 15.6. The number of carbonyl (C=O) groups excluding carboxylic acids is 1. The zero-order valence-electron chi connectivity index (χ0n) is 19.9. The second kappa shape index (κ2) is 9.91. The molecule has 1 aromatic carbocycles. The largest absolute Gasteiger partial charge is 0.481 e. The number of ether oxygens (including phenoxy) is 2. The third-order valence-electron chi connectivity index (χ3n) is 5.20. The highest BCUT2D eigenvalue weighted by molar-refractivity contribution is 5.69. The van der Waals surface area contributed by atoms with Gasteiger partial charge in [0.05, 0.1) is 18.5 Å². The van der Waals surface area contributed by atoms with E-state index in [2.05, 4.69) is 10.3 Å². The molecular formula is C26H29N5O3. The summed E-state index contributed by atoms with van der Waals surface area (Å²) < 4.78 is 10.7. The van der Waals surface area contributed by atoms with Gasteiger partial charge in [-0.15, -0.1) is 0 Å². The molecule has 1 aliphatic heterocycles. The average Bonchev–Trinajstić information content (AvgIpc) is 2.83. The van der Waals surface area contributed by atoms with E-state index < -0.39 is 5.60 Å². The molecule has 0 bridgehead atoms. The van der Waals surface area contributed by atoms with Crippen LogP contribution in [0.4, 0.5) is 16.4 Å². The van der Waals surface area contributed by atoms with Crippen LogP contribution in [0.3, 0.4) is 0 Å². The van der Waals surface area contributed by atoms with Crippen LogP contribution in [0.15, 0.2) is 67.0 Å². The van der Waals surface area contributed by atoms with Crippen molar-refractivity contribution >= 4 is 17.7 Å². The zero-order valence-corrected chi connectivity index (χ0v) is 19.9. The third-order valence-corrected chi connectivity index (χ3v) is 5.20. The summed E-state index contributed by atoms with van der Waals surface area (Å²) in [4.78, 5) is 27.7. The van der Waals surface area contributed by atoms with Crippen LogP contribution in [0.1, 0.15) is 38.8 Å². The highest BCUT2D eigenvalue weighted by Gasteiger charge is 2.25. The van der Waals surface area contributed by atoms with Gasteiger partial charge in [0.25, 0.3) is 0 Å². The van der Waals surface area contributed by atoms with E-state index in [0.717, 1.165) is 29.1 Å². The number of nitrogens with zero attached hydrogens (tertiary/aromatic N) is 4. The fourth-order valence-electron chi connectivity index (χ4n) is 3.57. The number of pyridine rings is 1. The molecular weight excluding hydrogens is 430 g/mol. The molecule has 176 valence electrons. The van der Waals surface area contributed by atoms with E-state index in [-0.39, 0.29) is 12.0 Å². The fourth-order valence-corrected chi connectivity index (χ4v) is 3.57. The Hall–Kier alpha value is -3.94. The normalized spacial score (nSPS) is 15.6. The lowest BCUT2D eigenvalue weighted by atomic mass is 9.97. The van der Waals surface area contributed by atoms with E-state index in [0.29, 0.717) is 18.4 Å². The smallest absolute Gasteiger partial charge is 0.414 e. The minimum Gasteiger partial charge on any atom is -0.481 e. The summed E-state index contributed by atoms with van der Waals surface area (Å²) in [6.07, 6.45) is 5.82. The molecule has 1 aliphatic rings. The van der Waals surface area contributed by atoms with E-state index in [1.807, 2.05) is 69.3 Å². The number of benzene rings is 1. The molecule has 0 saturated carbocycles. The molecule has 0 spiro atoms. The van der Waals surface area contributed by atoms with Crippen LogP contribution in [-0.4, -0.2) is 45.2 Å². The molecule has 1 unspecified atom stereocenters. The number of nitrogens with one attached hydrogen (secondary N) is 1. The maximum atomic E-state index is 12.4. The Labute approximate surface area is 199 Å². The monoisotopic (exact) mass is 459 g/mol. The summed E-state index contributed by atoms with van der Waals surface area (Å²) >= 11 is 0. The molecule has 0 fully saturated rings. The molecule has 8 nitrogen and oxygen atoms in total. The quantitative estimate of drug-likeness (QED) is 0.537. The van der Waals surface area contributed by atoms with E-state index in [9.17, 15) is 4.79 Å². The van der Waals surface area contributed by atoms with Gasteiger partial charge in [0.1, 0.15) is 5.60 Å². The number of amides is 1. The van der Waals surface area contributed by atoms with Gasteiger partial charge < -0.3 is 14.8 Å². The predicted molar refractivity (Wildman–Crippen MR) is 131 cm³/mol. The fraction of sp³-hybridized carbons (Fsp3) is 0.308. The van der Waals surface area contributed by atoms with Crippen molar-refractivity contribution in [1.82, 2.24) is 19.9 Å². The van der Waals surface area contributed by atoms with Crippen LogP contribution >= 0.6 is 0 Å². The van der Waals surface area contributed by atoms with E-state index in [1.54, 1.807) is 30.5 Å². The first kappa shape index (κ1) is 23.2. The molecule has 3 aromatic rings. The number of rotatable bonds is 5. The average molecular weight is 460 g/mol. The Balaban J connectivity index is 1.62. The van der Waals surface area contributed by atoms with Gasteiger partial charge in [-0.3, -0.25) is 4.90 Å². The Morgan fingerprint density at radius 1 is 1.12 bits per heavy atom. The van der Waals surface area contributed by atoms with Crippen molar-refractivity contribution in [3.8, 4) is 17.1 Å². The Morgan fingerprint density at radius 2 is 1.91 bits per heavy atom. The lowest BCUT2D eigenvalue weighted by Gasteiger charge is -2.29. The summed E-state index contributed by atoms with van der Waals surface area (Å²) in [5.41, 5.74) is 2.93. The maximum Gasteiger partial charge on any atom is 0.414 e. The van der Waals surface area contributed by atoms with Gasteiger partial charge in [-0.1, -0.05) is 36.4 Å². The topological polar surface area (TPSA) is 89.5 Å². The highest BCUT2D eigenvalue weighted by atomic mass is 16.6. The molecule has 0 aliphatic carbocycles. The lowest BCUT2D eigenvalue weighted by molar-refractivity contribution is 0.0324. The molecule has 4 rings (SSSR count). The minimum absolute atomic E-state index is 0.0386. The Morgan fingerprint density at radius 3 is 2.59 bits per heavy atom. The standard InChI is InChI=1S/C26H29N5O3/c1-26(2,3)34-25(32)31-14-11-19(12-15-31)22-17-21(18-8-6-5-7-9-18)29-24(30-22)28-20-10-13-27-23(16-20)33-4/h5-11,13-14,16-17,19H,12,15H2,1-4H3,(H,27,28,29,30). The van der Waals surface area contributed by atoms with Crippen molar-refractivity contribution in [3.63, 3.8) is 0 Å². The van der Waals surface area contributed by atoms with E-state index in [1.165, 1.54) is 0 Å². The van der Waals surface area contributed by atoms with Gasteiger partial charge >= 0.3 is 6.09 Å². The number of hydrogen-bond acceptors (Lipinski definition) is 7. The van der Waals surface area contributed by atoms with Gasteiger partial charge in [0.2, 0.25) is 11.8 Å². The zero-order chi connectivity index (χ0) is 24.1. The number of hydrogen-bond donors (Lipinski definition) is 1. The number of methoxy groups -OCH3 is 1. The van der Waals surface area contributed by atoms with E-state index >= 15 is 0 Å². The number of carbonyl (C=O) groups is 1. The van der Waals surface area contributed by atoms with Crippen LogP contribution in [-0.2, 0) is 4.74 Å². The Bertz CT molecular complexity index is 1170. The summed E-state index contributed by atoms with van der Waals surface area (Å²) in [6.45, 7) is 6.13. The van der Waals surface area contributed by atoms with Crippen molar-refractivity contribution < 1.29 is 14.3 Å². The Kier molecular flexibility index (Phi) is 6.77. The van der Waals surface area contributed by atoms with Crippen LogP contribution in [0.2, 0.25) is 0 Å². The van der Waals surface area contributed by atoms with E-state index in [4.69, 9.17) is 19.4 Å². The van der Waals surface area contributed by atoms with Gasteiger partial charge in [-0.25, -0.2) is 19.7 Å². The summed E-state index contributed by atoms with van der Waals surface area (Å²) in [5, 5.41) is 3.27. The van der Waals surface area contributed by atoms with Crippen molar-refractivity contribution in [2.75, 3.05) is 19.0 Å². The van der Waals surface area contributed by atoms with Gasteiger partial charge in [-0.05, 0) is 39.3 Å². The van der Waals surface area contributed by atoms with Crippen molar-refractivity contribution in [2.24, 2.45) is 0 Å². The van der Waals surface area contributed by atoms with Crippen LogP contribution in [0, 0.1) is 0 Å². The van der Waals surface area contributed by atoms with Crippen LogP contribution < -0.4 is 10.1 Å². The number of allylic oxidation sites excluding steroid dienone is 1. The number of aromatic nitrogens is 3. The first-order chi connectivity index (χ1) is 16.3. The molecule has 0 radical (unpaired) electrons. The molecule has 34 heavy (non-hydrogen) atoms. The molecule has 2 aromatic heterocycles. The number of anilines is 2. The first-order valence-corrected chi connectivity index (χ1v) is 11.2. The summed E-state index contributed by atoms with van der Waals surface area (Å²) in [5.74, 6) is 1.02. The first-order valence-electron chi connectivity index (χ1n) is 11.2. The molecule has 1 N–H and O–H groups in total. The predicted octanol–water partition coefficient (Wildman–Crippen LogP) is 5.53. The van der Waals surface area contributed by atoms with Crippen LogP contribution in [0.5, 0.6) is 5.88 Å². The lowest BCUT2D eigenvalue weighted by Crippen LogP contribution is -2.36. The SMILES string of the molecule is COc1cc(Nc2nc(-c3ccccc3)cc(C3C=CN(C(=O)OC(C)(C)C)CC3)n2)ccn1. The minimum atomic E-state index is -0.533. The molecule has 3 heterocycles. The van der Waals surface area contributed by atoms with Gasteiger partial charge in [0, 0.05) is 42.2 Å². The van der Waals surface area contributed by atoms with Crippen molar-refractivity contribution in [2.45, 2.75) is 38.7 Å². The van der Waals surface area contributed by atoms with Crippen LogP contribution in [0.25, 0.3) is 11.3 Å². The molecule has 1 amide bonds. The second-order valence-corrected chi connectivity index (χ2v) is 8.99. The summed E-state index contributed by atoms with van der Waals surface area (Å²) in [7, 11) is 1.58. The molecule has 0 saturated heterocycles. The third kappa shape index (κ3) is 5.89.